The number of benzene rings is 1. The highest BCUT2D eigenvalue weighted by Gasteiger charge is 2.20. The van der Waals surface area contributed by atoms with E-state index in [2.05, 4.69) is 15.7 Å². The molecule has 0 aliphatic heterocycles. The smallest absolute Gasteiger partial charge is 0.338 e. The Kier molecular flexibility index (Phi) is 5.67. The van der Waals surface area contributed by atoms with Gasteiger partial charge >= 0.3 is 12.0 Å². The maximum absolute atomic E-state index is 12.0. The quantitative estimate of drug-likeness (QED) is 0.804. The summed E-state index contributed by atoms with van der Waals surface area (Å²) in [6, 6.07) is 7.74. The van der Waals surface area contributed by atoms with Gasteiger partial charge in [-0.1, -0.05) is 0 Å². The molecule has 0 spiro atoms. The van der Waals surface area contributed by atoms with Gasteiger partial charge in [-0.05, 0) is 44.2 Å². The molecule has 2 rings (SSSR count). The van der Waals surface area contributed by atoms with Gasteiger partial charge in [0.05, 0.1) is 11.3 Å². The van der Waals surface area contributed by atoms with Crippen LogP contribution in [0.2, 0.25) is 0 Å². The van der Waals surface area contributed by atoms with Crippen LogP contribution >= 0.6 is 0 Å². The van der Waals surface area contributed by atoms with E-state index in [-0.39, 0.29) is 0 Å². The Morgan fingerprint density at radius 2 is 1.96 bits per heavy atom. The molecule has 0 radical (unpaired) electrons. The standard InChI is InChI=1S/C16H18N4O4/c1-3-17-16(23)19-14(21)11(2)24-15(22)12-5-7-13(8-6-12)20-10-4-9-18-20/h4-11H,3H2,1-2H3,(H2,17,19,21,23). The number of carbonyl (C=O) groups is 3. The molecule has 0 saturated carbocycles. The van der Waals surface area contributed by atoms with Gasteiger partial charge < -0.3 is 10.1 Å². The lowest BCUT2D eigenvalue weighted by molar-refractivity contribution is -0.127. The number of imide groups is 1. The van der Waals surface area contributed by atoms with Gasteiger partial charge in [0.1, 0.15) is 0 Å². The molecule has 1 atom stereocenters. The normalized spacial score (nSPS) is 11.4. The number of nitrogens with zero attached hydrogens (tertiary/aromatic N) is 2. The molecule has 0 saturated heterocycles. The Morgan fingerprint density at radius 1 is 1.25 bits per heavy atom. The average Bonchev–Trinajstić information content (AvgIpc) is 3.09. The van der Waals surface area contributed by atoms with E-state index in [0.29, 0.717) is 12.1 Å². The molecule has 1 unspecified atom stereocenters. The van der Waals surface area contributed by atoms with E-state index in [1.807, 2.05) is 0 Å². The van der Waals surface area contributed by atoms with Gasteiger partial charge in [0.15, 0.2) is 6.10 Å². The Balaban J connectivity index is 1.94. The first-order chi connectivity index (χ1) is 11.5. The summed E-state index contributed by atoms with van der Waals surface area (Å²) in [5, 5.41) is 8.59. The van der Waals surface area contributed by atoms with Crippen molar-refractivity contribution >= 4 is 17.9 Å². The SMILES string of the molecule is CCNC(=O)NC(=O)C(C)OC(=O)c1ccc(-n2cccn2)cc1. The van der Waals surface area contributed by atoms with Crippen LogP contribution < -0.4 is 10.6 Å². The monoisotopic (exact) mass is 330 g/mol. The third kappa shape index (κ3) is 4.42. The van der Waals surface area contributed by atoms with Crippen LogP contribution in [0, 0.1) is 0 Å². The van der Waals surface area contributed by atoms with Crippen LogP contribution in [0.1, 0.15) is 24.2 Å². The number of nitrogens with one attached hydrogen (secondary N) is 2. The minimum Gasteiger partial charge on any atom is -0.449 e. The van der Waals surface area contributed by atoms with E-state index in [1.54, 1.807) is 54.3 Å². The van der Waals surface area contributed by atoms with Crippen LogP contribution in [-0.4, -0.2) is 40.3 Å². The van der Waals surface area contributed by atoms with E-state index in [1.165, 1.54) is 6.92 Å². The maximum Gasteiger partial charge on any atom is 0.338 e. The third-order valence-corrected chi connectivity index (χ3v) is 3.10. The zero-order valence-electron chi connectivity index (χ0n) is 13.4. The highest BCUT2D eigenvalue weighted by Crippen LogP contribution is 2.10. The fraction of sp³-hybridized carbons (Fsp3) is 0.250. The fourth-order valence-electron chi connectivity index (χ4n) is 1.87. The summed E-state index contributed by atoms with van der Waals surface area (Å²) in [4.78, 5) is 35.1. The van der Waals surface area contributed by atoms with Crippen LogP contribution in [0.3, 0.4) is 0 Å². The third-order valence-electron chi connectivity index (χ3n) is 3.10. The largest absolute Gasteiger partial charge is 0.449 e. The number of amides is 3. The van der Waals surface area contributed by atoms with Crippen molar-refractivity contribution in [2.75, 3.05) is 6.54 Å². The Bertz CT molecular complexity index is 710. The topological polar surface area (TPSA) is 102 Å². The van der Waals surface area contributed by atoms with Crippen LogP contribution in [0.15, 0.2) is 42.7 Å². The molecule has 1 aromatic carbocycles. The first-order valence-corrected chi connectivity index (χ1v) is 7.41. The van der Waals surface area contributed by atoms with Gasteiger partial charge in [0, 0.05) is 18.9 Å². The molecule has 8 nitrogen and oxygen atoms in total. The van der Waals surface area contributed by atoms with Crippen molar-refractivity contribution in [2.24, 2.45) is 0 Å². The van der Waals surface area contributed by atoms with Crippen molar-refractivity contribution in [3.05, 3.63) is 48.3 Å². The summed E-state index contributed by atoms with van der Waals surface area (Å²) in [5.74, 6) is -1.34. The van der Waals surface area contributed by atoms with Crippen molar-refractivity contribution in [3.63, 3.8) is 0 Å². The molecule has 0 aliphatic carbocycles. The Labute approximate surface area is 138 Å². The molecule has 126 valence electrons. The molecule has 24 heavy (non-hydrogen) atoms. The van der Waals surface area contributed by atoms with Crippen LogP contribution in [0.5, 0.6) is 0 Å². The molecule has 8 heteroatoms. The van der Waals surface area contributed by atoms with Gasteiger partial charge in [0.25, 0.3) is 5.91 Å². The molecule has 1 heterocycles. The van der Waals surface area contributed by atoms with E-state index in [4.69, 9.17) is 4.74 Å². The average molecular weight is 330 g/mol. The predicted octanol–water partition coefficient (Wildman–Crippen LogP) is 1.26. The number of carbonyl (C=O) groups excluding carboxylic acids is 3. The predicted molar refractivity (Wildman–Crippen MR) is 85.7 cm³/mol. The molecular formula is C16H18N4O4. The van der Waals surface area contributed by atoms with E-state index >= 15 is 0 Å². The highest BCUT2D eigenvalue weighted by atomic mass is 16.5. The van der Waals surface area contributed by atoms with Gasteiger partial charge in [-0.3, -0.25) is 10.1 Å². The van der Waals surface area contributed by atoms with Gasteiger partial charge in [0.2, 0.25) is 0 Å². The minimum atomic E-state index is -1.09. The summed E-state index contributed by atoms with van der Waals surface area (Å²) >= 11 is 0. The van der Waals surface area contributed by atoms with Crippen molar-refractivity contribution in [2.45, 2.75) is 20.0 Å². The second-order valence-corrected chi connectivity index (χ2v) is 4.89. The number of rotatable bonds is 5. The summed E-state index contributed by atoms with van der Waals surface area (Å²) in [6.07, 6.45) is 2.34. The molecule has 0 fully saturated rings. The van der Waals surface area contributed by atoms with Crippen molar-refractivity contribution in [1.29, 1.82) is 0 Å². The van der Waals surface area contributed by atoms with Crippen molar-refractivity contribution in [1.82, 2.24) is 20.4 Å². The molecular weight excluding hydrogens is 312 g/mol. The lowest BCUT2D eigenvalue weighted by Gasteiger charge is -2.13. The zero-order valence-corrected chi connectivity index (χ0v) is 13.4. The summed E-state index contributed by atoms with van der Waals surface area (Å²) in [6.45, 7) is 3.50. The van der Waals surface area contributed by atoms with Crippen LogP contribution in [0.25, 0.3) is 5.69 Å². The number of hydrogen-bond donors (Lipinski definition) is 2. The molecule has 0 aliphatic rings. The number of hydrogen-bond acceptors (Lipinski definition) is 5. The van der Waals surface area contributed by atoms with Gasteiger partial charge in [-0.2, -0.15) is 5.10 Å². The molecule has 3 amide bonds. The van der Waals surface area contributed by atoms with E-state index in [0.717, 1.165) is 5.69 Å². The summed E-state index contributed by atoms with van der Waals surface area (Å²) in [5.41, 5.74) is 1.09. The molecule has 0 bridgehead atoms. The van der Waals surface area contributed by atoms with Crippen molar-refractivity contribution < 1.29 is 19.1 Å². The number of ether oxygens (including phenoxy) is 1. The van der Waals surface area contributed by atoms with Gasteiger partial charge in [-0.15, -0.1) is 0 Å². The number of esters is 1. The first-order valence-electron chi connectivity index (χ1n) is 7.41. The summed E-state index contributed by atoms with van der Waals surface area (Å²) in [7, 11) is 0. The second-order valence-electron chi connectivity index (χ2n) is 4.89. The van der Waals surface area contributed by atoms with Crippen molar-refractivity contribution in [3.8, 4) is 5.69 Å². The molecule has 2 aromatic rings. The lowest BCUT2D eigenvalue weighted by Crippen LogP contribution is -2.44. The van der Waals surface area contributed by atoms with Crippen LogP contribution in [0.4, 0.5) is 4.79 Å². The molecule has 1 aromatic heterocycles. The summed E-state index contributed by atoms with van der Waals surface area (Å²) < 4.78 is 6.70. The van der Waals surface area contributed by atoms with Crippen LogP contribution in [-0.2, 0) is 9.53 Å². The van der Waals surface area contributed by atoms with E-state index in [9.17, 15) is 14.4 Å². The number of urea groups is 1. The Hall–Kier alpha value is -3.16. The minimum absolute atomic E-state index is 0.295. The fourth-order valence-corrected chi connectivity index (χ4v) is 1.87. The first kappa shape index (κ1) is 17.2. The van der Waals surface area contributed by atoms with Gasteiger partial charge in [-0.25, -0.2) is 14.3 Å². The zero-order chi connectivity index (χ0) is 17.5. The number of aromatic nitrogens is 2. The lowest BCUT2D eigenvalue weighted by atomic mass is 10.2. The molecule has 2 N–H and O–H groups in total. The second kappa shape index (κ2) is 7.91. The van der Waals surface area contributed by atoms with E-state index < -0.39 is 24.0 Å². The highest BCUT2D eigenvalue weighted by molar-refractivity contribution is 5.98. The Morgan fingerprint density at radius 3 is 2.54 bits per heavy atom. The maximum atomic E-state index is 12.0.